The number of carbonyl (C=O) groups is 1. The molecule has 0 aliphatic heterocycles. The lowest BCUT2D eigenvalue weighted by Gasteiger charge is -2.21. The van der Waals surface area contributed by atoms with Crippen LogP contribution in [0.25, 0.3) is 11.3 Å². The summed E-state index contributed by atoms with van der Waals surface area (Å²) in [5.74, 6) is 0.412. The van der Waals surface area contributed by atoms with E-state index in [2.05, 4.69) is 38.9 Å². The van der Waals surface area contributed by atoms with Gasteiger partial charge in [-0.25, -0.2) is 4.98 Å². The maximum absolute atomic E-state index is 13.2. The fourth-order valence-corrected chi connectivity index (χ4v) is 3.60. The average molecular weight is 452 g/mol. The Morgan fingerprint density at radius 1 is 1.06 bits per heavy atom. The number of hydrogen-bond donors (Lipinski definition) is 2. The van der Waals surface area contributed by atoms with E-state index in [1.807, 2.05) is 60.7 Å². The van der Waals surface area contributed by atoms with Crippen LogP contribution in [0.4, 0.5) is 5.82 Å². The normalized spacial score (nSPS) is 12.5. The molecule has 0 saturated heterocycles. The van der Waals surface area contributed by atoms with Crippen LogP contribution in [-0.4, -0.2) is 32.4 Å². The Balaban J connectivity index is 1.46. The molecule has 0 unspecified atom stereocenters. The van der Waals surface area contributed by atoms with Crippen LogP contribution < -0.4 is 10.6 Å². The minimum absolute atomic E-state index is 0.149. The van der Waals surface area contributed by atoms with Gasteiger partial charge in [0, 0.05) is 25.4 Å². The van der Waals surface area contributed by atoms with Crippen molar-refractivity contribution < 1.29 is 4.79 Å². The first-order valence-corrected chi connectivity index (χ1v) is 11.0. The number of aromatic nitrogens is 4. The van der Waals surface area contributed by atoms with Crippen LogP contribution in [-0.2, 0) is 11.8 Å². The number of pyridine rings is 1. The Kier molecular flexibility index (Phi) is 7.06. The highest BCUT2D eigenvalue weighted by Crippen LogP contribution is 2.21. The maximum atomic E-state index is 13.2. The van der Waals surface area contributed by atoms with Gasteiger partial charge in [-0.1, -0.05) is 54.6 Å². The number of rotatable bonds is 8. The number of aryl methyl sites for hydroxylation is 1. The quantitative estimate of drug-likeness (QED) is 0.422. The zero-order valence-corrected chi connectivity index (χ0v) is 19.0. The predicted octanol–water partition coefficient (Wildman–Crippen LogP) is 3.82. The maximum Gasteiger partial charge on any atom is 0.247 e. The Morgan fingerprint density at radius 2 is 1.82 bits per heavy atom. The van der Waals surface area contributed by atoms with Crippen molar-refractivity contribution in [2.24, 2.45) is 7.05 Å². The second kappa shape index (κ2) is 10.5. The van der Waals surface area contributed by atoms with Gasteiger partial charge in [-0.2, -0.15) is 5.26 Å². The van der Waals surface area contributed by atoms with Crippen LogP contribution in [0.3, 0.4) is 0 Å². The van der Waals surface area contributed by atoms with Gasteiger partial charge in [0.15, 0.2) is 0 Å². The lowest BCUT2D eigenvalue weighted by Crippen LogP contribution is -2.35. The molecule has 2 N–H and O–H groups in total. The molecule has 0 spiro atoms. The lowest BCUT2D eigenvalue weighted by atomic mass is 9.98. The number of nitrogens with zero attached hydrogens (tertiary/aromatic N) is 5. The molecule has 0 fully saturated rings. The minimum Gasteiger partial charge on any atom is -0.309 e. The van der Waals surface area contributed by atoms with Crippen molar-refractivity contribution in [2.45, 2.75) is 18.9 Å². The van der Waals surface area contributed by atoms with E-state index in [0.717, 1.165) is 16.7 Å². The van der Waals surface area contributed by atoms with Gasteiger partial charge in [0.25, 0.3) is 0 Å². The molecule has 1 amide bonds. The highest BCUT2D eigenvalue weighted by molar-refractivity contribution is 5.94. The summed E-state index contributed by atoms with van der Waals surface area (Å²) < 4.78 is 1.63. The molecule has 8 heteroatoms. The van der Waals surface area contributed by atoms with Gasteiger partial charge >= 0.3 is 0 Å². The van der Waals surface area contributed by atoms with Crippen molar-refractivity contribution in [3.8, 4) is 17.3 Å². The first-order valence-electron chi connectivity index (χ1n) is 11.0. The van der Waals surface area contributed by atoms with E-state index in [1.54, 1.807) is 30.2 Å². The fraction of sp³-hybridized carbons (Fsp3) is 0.192. The number of nitrogens with one attached hydrogen (secondary N) is 2. The number of anilines is 1. The van der Waals surface area contributed by atoms with Gasteiger partial charge in [-0.15, -0.1) is 5.10 Å². The molecule has 34 heavy (non-hydrogen) atoms. The summed E-state index contributed by atoms with van der Waals surface area (Å²) >= 11 is 0. The monoisotopic (exact) mass is 451 g/mol. The van der Waals surface area contributed by atoms with Crippen molar-refractivity contribution >= 4 is 11.7 Å². The van der Waals surface area contributed by atoms with Crippen LogP contribution in [0.15, 0.2) is 79.1 Å². The third-order valence-corrected chi connectivity index (χ3v) is 5.55. The topological polar surface area (TPSA) is 109 Å². The van der Waals surface area contributed by atoms with Crippen molar-refractivity contribution in [1.29, 1.82) is 5.26 Å². The molecule has 0 aliphatic carbocycles. The smallest absolute Gasteiger partial charge is 0.247 e. The lowest BCUT2D eigenvalue weighted by molar-refractivity contribution is -0.118. The highest BCUT2D eigenvalue weighted by Gasteiger charge is 2.22. The first kappa shape index (κ1) is 22.8. The van der Waals surface area contributed by atoms with Crippen molar-refractivity contribution in [3.63, 3.8) is 0 Å². The van der Waals surface area contributed by atoms with Gasteiger partial charge < -0.3 is 10.6 Å². The van der Waals surface area contributed by atoms with Crippen molar-refractivity contribution in [2.75, 3.05) is 11.9 Å². The Morgan fingerprint density at radius 3 is 2.44 bits per heavy atom. The largest absolute Gasteiger partial charge is 0.309 e. The molecule has 170 valence electrons. The minimum atomic E-state index is -0.552. The standard InChI is InChI=1S/C26H25N7O/c1-18(20-10-8-19(14-27)9-11-20)15-29-25(21-6-4-3-5-7-21)26(34)30-24-13-12-22(16-28-24)23-17-33(2)32-31-23/h3-13,16-18,25,29H,15H2,1-2H3,(H,28,30,34)/t18-,25+/m1/s1. The van der Waals surface area contributed by atoms with Crippen LogP contribution >= 0.6 is 0 Å². The van der Waals surface area contributed by atoms with Crippen LogP contribution in [0.5, 0.6) is 0 Å². The zero-order valence-electron chi connectivity index (χ0n) is 19.0. The molecule has 0 aliphatic rings. The second-order valence-electron chi connectivity index (χ2n) is 8.09. The summed E-state index contributed by atoms with van der Waals surface area (Å²) in [5.41, 5.74) is 4.13. The van der Waals surface area contributed by atoms with Crippen LogP contribution in [0.1, 0.15) is 35.6 Å². The highest BCUT2D eigenvalue weighted by atomic mass is 16.2. The molecule has 0 radical (unpaired) electrons. The van der Waals surface area contributed by atoms with Gasteiger partial charge in [-0.3, -0.25) is 9.48 Å². The Hall–Kier alpha value is -4.35. The van der Waals surface area contributed by atoms with E-state index in [4.69, 9.17) is 5.26 Å². The molecule has 2 atom stereocenters. The predicted molar refractivity (Wildman–Crippen MR) is 130 cm³/mol. The summed E-state index contributed by atoms with van der Waals surface area (Å²) in [6.07, 6.45) is 3.47. The number of nitriles is 1. The SMILES string of the molecule is C[C@H](CN[C@H](C(=O)Nc1ccc(-c2cn(C)nn2)cn1)c1ccccc1)c1ccc(C#N)cc1. The number of hydrogen-bond acceptors (Lipinski definition) is 6. The molecule has 8 nitrogen and oxygen atoms in total. The molecule has 4 aromatic rings. The van der Waals surface area contributed by atoms with Crippen LogP contribution in [0.2, 0.25) is 0 Å². The van der Waals surface area contributed by atoms with Gasteiger partial charge in [0.1, 0.15) is 17.6 Å². The van der Waals surface area contributed by atoms with E-state index in [1.165, 1.54) is 0 Å². The summed E-state index contributed by atoms with van der Waals surface area (Å²) in [6.45, 7) is 2.67. The summed E-state index contributed by atoms with van der Waals surface area (Å²) in [6, 6.07) is 22.3. The zero-order chi connectivity index (χ0) is 23.9. The van der Waals surface area contributed by atoms with Crippen molar-refractivity contribution in [1.82, 2.24) is 25.3 Å². The van der Waals surface area contributed by atoms with Crippen molar-refractivity contribution in [3.05, 3.63) is 95.8 Å². The van der Waals surface area contributed by atoms with Gasteiger partial charge in [0.2, 0.25) is 5.91 Å². The second-order valence-corrected chi connectivity index (χ2v) is 8.09. The van der Waals surface area contributed by atoms with Crippen LogP contribution in [0, 0.1) is 11.3 Å². The van der Waals surface area contributed by atoms with Gasteiger partial charge in [-0.05, 0) is 41.3 Å². The first-order chi connectivity index (χ1) is 16.5. The third kappa shape index (κ3) is 5.52. The summed E-state index contributed by atoms with van der Waals surface area (Å²) in [5, 5.41) is 23.3. The van der Waals surface area contributed by atoms with E-state index >= 15 is 0 Å². The number of carbonyl (C=O) groups excluding carboxylic acids is 1. The molecule has 4 rings (SSSR count). The molecule has 0 bridgehead atoms. The Labute approximate surface area is 198 Å². The van der Waals surface area contributed by atoms with E-state index in [0.29, 0.717) is 23.6 Å². The number of amides is 1. The number of benzene rings is 2. The van der Waals surface area contributed by atoms with E-state index < -0.39 is 6.04 Å². The molecular weight excluding hydrogens is 426 g/mol. The van der Waals surface area contributed by atoms with Gasteiger partial charge in [0.05, 0.1) is 17.8 Å². The Bertz CT molecular complexity index is 1280. The molecule has 2 heterocycles. The molecule has 2 aromatic heterocycles. The third-order valence-electron chi connectivity index (χ3n) is 5.55. The summed E-state index contributed by atoms with van der Waals surface area (Å²) in [7, 11) is 1.80. The van der Waals surface area contributed by atoms with E-state index in [9.17, 15) is 4.79 Å². The molecule has 2 aromatic carbocycles. The molecule has 0 saturated carbocycles. The summed E-state index contributed by atoms with van der Waals surface area (Å²) in [4.78, 5) is 17.6. The van der Waals surface area contributed by atoms with E-state index in [-0.39, 0.29) is 11.8 Å². The average Bonchev–Trinajstić information content (AvgIpc) is 3.31. The fourth-order valence-electron chi connectivity index (χ4n) is 3.60. The molecular formula is C26H25N7O.